The average Bonchev–Trinajstić information content (AvgIpc) is 1.01. The summed E-state index contributed by atoms with van der Waals surface area (Å²) in [5.41, 5.74) is 24.8. The van der Waals surface area contributed by atoms with Crippen molar-refractivity contribution >= 4 is 79.0 Å². The van der Waals surface area contributed by atoms with Gasteiger partial charge in [-0.15, -0.1) is 0 Å². The van der Waals surface area contributed by atoms with E-state index in [4.69, 9.17) is 0 Å². The van der Waals surface area contributed by atoms with Crippen LogP contribution in [0.25, 0.3) is 94.3 Å². The molecule has 2 aliphatic rings. The van der Waals surface area contributed by atoms with Crippen LogP contribution in [0.1, 0.15) is 77.6 Å². The summed E-state index contributed by atoms with van der Waals surface area (Å²) in [4.78, 5) is 4.67. The normalized spacial score (nSPS) is 13.6. The quantitative estimate of drug-likeness (QED) is 0.133. The molecular formula is C89H74BN3. The van der Waals surface area contributed by atoms with Gasteiger partial charge in [0.1, 0.15) is 0 Å². The lowest BCUT2D eigenvalue weighted by Crippen LogP contribution is -2.61. The Morgan fingerprint density at radius 2 is 0.774 bits per heavy atom. The number of aromatic nitrogens is 1. The number of nitrogens with zero attached hydrogens (tertiary/aromatic N) is 3. The summed E-state index contributed by atoms with van der Waals surface area (Å²) in [7, 11) is 0. The summed E-state index contributed by atoms with van der Waals surface area (Å²) in [6, 6.07) is 86.5. The molecule has 3 heterocycles. The first-order valence-electron chi connectivity index (χ1n) is 35.4. The highest BCUT2D eigenvalue weighted by Crippen LogP contribution is 2.54. The van der Waals surface area contributed by atoms with Gasteiger partial charge in [-0.3, -0.25) is 0 Å². The van der Waals surface area contributed by atoms with Crippen molar-refractivity contribution in [1.29, 1.82) is 0 Å². The minimum absolute atomic E-state index is 0.0591. The van der Waals surface area contributed by atoms with Gasteiger partial charge in [0, 0.05) is 61.5 Å². The molecule has 4 heteroatoms. The fourth-order valence-electron chi connectivity index (χ4n) is 14.9. The molecule has 0 N–H and O–H groups in total. The van der Waals surface area contributed by atoms with Crippen LogP contribution in [0.5, 0.6) is 0 Å². The van der Waals surface area contributed by atoms with Crippen molar-refractivity contribution in [3.63, 3.8) is 0 Å². The highest BCUT2D eigenvalue weighted by atomic mass is 15.2. The van der Waals surface area contributed by atoms with Crippen molar-refractivity contribution in [1.82, 2.24) is 4.57 Å². The van der Waals surface area contributed by atoms with E-state index in [1.807, 2.05) is 121 Å². The van der Waals surface area contributed by atoms with E-state index in [0.717, 1.165) is 128 Å². The Morgan fingerprint density at radius 3 is 1.23 bits per heavy atom. The Balaban J connectivity index is 1.15. The summed E-state index contributed by atoms with van der Waals surface area (Å²) in [5, 5.41) is 2.25. The maximum atomic E-state index is 10.4. The van der Waals surface area contributed by atoms with Crippen LogP contribution in [0.15, 0.2) is 285 Å². The zero-order valence-electron chi connectivity index (χ0n) is 60.1. The Hall–Kier alpha value is -10.7. The molecule has 0 bridgehead atoms. The number of benzene rings is 13. The molecule has 2 aliphatic heterocycles. The monoisotopic (exact) mass is 1200 g/mol. The molecule has 0 aliphatic carbocycles. The van der Waals surface area contributed by atoms with E-state index in [1.165, 1.54) is 11.1 Å². The van der Waals surface area contributed by atoms with E-state index in [0.29, 0.717) is 33.6 Å². The van der Waals surface area contributed by atoms with E-state index in [9.17, 15) is 8.22 Å². The summed E-state index contributed by atoms with van der Waals surface area (Å²) in [6.45, 7) is 19.7. The predicted molar refractivity (Wildman–Crippen MR) is 399 cm³/mol. The second-order valence-corrected chi connectivity index (χ2v) is 27.4. The van der Waals surface area contributed by atoms with Gasteiger partial charge in [0.15, 0.2) is 0 Å². The summed E-state index contributed by atoms with van der Waals surface area (Å²) < 4.78 is 63.5. The van der Waals surface area contributed by atoms with E-state index < -0.39 is 6.71 Å². The Kier molecular flexibility index (Phi) is 12.2. The summed E-state index contributed by atoms with van der Waals surface area (Å²) in [5.74, 6) is 0. The van der Waals surface area contributed by atoms with Crippen molar-refractivity contribution in [3.8, 4) is 72.4 Å². The minimum atomic E-state index is -0.509. The number of hydrogen-bond acceptors (Lipinski definition) is 2. The van der Waals surface area contributed by atoms with E-state index in [2.05, 4.69) is 204 Å². The predicted octanol–water partition coefficient (Wildman–Crippen LogP) is 22.4. The van der Waals surface area contributed by atoms with Crippen molar-refractivity contribution in [2.75, 3.05) is 9.80 Å². The van der Waals surface area contributed by atoms with Crippen LogP contribution in [-0.2, 0) is 10.8 Å². The first-order valence-corrected chi connectivity index (χ1v) is 32.4. The molecule has 0 spiro atoms. The third-order valence-electron chi connectivity index (χ3n) is 19.2. The Bertz CT molecular complexity index is 5390. The first kappa shape index (κ1) is 51.0. The maximum Gasteiger partial charge on any atom is 0.252 e. The summed E-state index contributed by atoms with van der Waals surface area (Å²) >= 11 is 0. The van der Waals surface area contributed by atoms with Crippen molar-refractivity contribution in [3.05, 3.63) is 313 Å². The zero-order valence-corrected chi connectivity index (χ0v) is 54.1. The van der Waals surface area contributed by atoms with E-state index in [-0.39, 0.29) is 47.1 Å². The fourth-order valence-corrected chi connectivity index (χ4v) is 14.9. The molecule has 0 amide bonds. The fraction of sp³-hybridized carbons (Fsp3) is 0.124. The first-order chi connectivity index (χ1) is 47.7. The Labute approximate surface area is 557 Å². The van der Waals surface area contributed by atoms with Crippen molar-refractivity contribution in [2.24, 2.45) is 0 Å². The third-order valence-corrected chi connectivity index (χ3v) is 19.2. The van der Waals surface area contributed by atoms with Gasteiger partial charge in [0.2, 0.25) is 0 Å². The lowest BCUT2D eigenvalue weighted by molar-refractivity contribution is 0.569. The lowest BCUT2D eigenvalue weighted by atomic mass is 9.33. The van der Waals surface area contributed by atoms with Crippen LogP contribution in [0.2, 0.25) is 0 Å². The molecule has 1 aromatic heterocycles. The summed E-state index contributed by atoms with van der Waals surface area (Å²) in [6.07, 6.45) is 0. The van der Waals surface area contributed by atoms with Gasteiger partial charge in [0.05, 0.1) is 30.6 Å². The van der Waals surface area contributed by atoms with E-state index in [1.54, 1.807) is 0 Å². The molecule has 13 aromatic carbocycles. The van der Waals surface area contributed by atoms with Gasteiger partial charge in [-0.1, -0.05) is 290 Å². The number of aryl methyl sites for hydroxylation is 3. The van der Waals surface area contributed by atoms with Crippen LogP contribution < -0.4 is 26.2 Å². The van der Waals surface area contributed by atoms with Gasteiger partial charge >= 0.3 is 0 Å². The van der Waals surface area contributed by atoms with Crippen LogP contribution >= 0.6 is 0 Å². The lowest BCUT2D eigenvalue weighted by Gasteiger charge is -2.46. The molecule has 0 atom stereocenters. The van der Waals surface area contributed by atoms with Crippen LogP contribution in [0.4, 0.5) is 34.1 Å². The highest BCUT2D eigenvalue weighted by Gasteiger charge is 2.46. The molecule has 0 saturated carbocycles. The molecule has 93 heavy (non-hydrogen) atoms. The molecule has 0 fully saturated rings. The number of fused-ring (bicyclic) bond motifs is 7. The van der Waals surface area contributed by atoms with Crippen molar-refractivity contribution in [2.45, 2.75) is 73.1 Å². The third kappa shape index (κ3) is 9.73. The van der Waals surface area contributed by atoms with Gasteiger partial charge in [0.25, 0.3) is 6.71 Å². The van der Waals surface area contributed by atoms with Crippen molar-refractivity contribution < 1.29 is 8.22 Å². The maximum absolute atomic E-state index is 10.4. The topological polar surface area (TPSA) is 11.4 Å². The number of hydrogen-bond donors (Lipinski definition) is 0. The van der Waals surface area contributed by atoms with E-state index >= 15 is 0 Å². The van der Waals surface area contributed by atoms with Gasteiger partial charge in [-0.2, -0.15) is 0 Å². The van der Waals surface area contributed by atoms with Gasteiger partial charge < -0.3 is 14.4 Å². The van der Waals surface area contributed by atoms with Crippen LogP contribution in [-0.4, -0.2) is 11.3 Å². The van der Waals surface area contributed by atoms with Gasteiger partial charge in [-0.05, 0) is 157 Å². The molecule has 3 nitrogen and oxygen atoms in total. The zero-order chi connectivity index (χ0) is 68.7. The Morgan fingerprint density at radius 1 is 0.344 bits per heavy atom. The molecule has 0 unspecified atom stereocenters. The van der Waals surface area contributed by atoms with Crippen LogP contribution in [0, 0.1) is 20.8 Å². The second kappa shape index (κ2) is 22.3. The average molecular weight is 1200 g/mol. The number of anilines is 6. The SMILES string of the molecule is [2H]c1c([2H])c(-c2ccccc2)c(N2c3ccc(-c4cc(C(C)(C)C)cc(C(C)(C)C)c4)cc3B3c4ccc(-n5c6ccccc6c6ccccc65)cc4N(c4c(-c5ccccc5)c([2H])c([2H])c([2H])c4-c4ccccc4)c4cc(-c5c(C)cc(C)cc5C)cc2c43)c(-c2ccccc2)c1[2H]. The highest BCUT2D eigenvalue weighted by molar-refractivity contribution is 7.00. The number of para-hydroxylation sites is 4. The molecular weight excluding hydrogens is 1120 g/mol. The molecule has 0 radical (unpaired) electrons. The largest absolute Gasteiger partial charge is 0.310 e. The van der Waals surface area contributed by atoms with Gasteiger partial charge in [-0.25, -0.2) is 0 Å². The molecule has 0 saturated heterocycles. The molecule has 16 rings (SSSR count). The molecule has 14 aromatic rings. The standard InChI is InChI=1S/C89H74BN3/c1-57-48-58(2)84(59(3)49-57)66-53-82-85-83(54-66)93(87-72(62-32-18-12-19-33-62)40-27-41-73(87)63-34-20-13-21-35-63)81-56-69(91-78-42-24-22-36-74(78)75-37-23-25-43-79(75)91)45-46-76(81)90(85)77-52-64(65-50-67(88(4,5)6)55-68(51-65)89(7,8)9)44-47-80(77)92(82)86-70(60-28-14-10-15-29-60)38-26-39-71(86)61-30-16-11-17-31-61/h10-56H,1-9H3/i26D,27D,38D,39D,40D,41D. The smallest absolute Gasteiger partial charge is 0.252 e. The minimum Gasteiger partial charge on any atom is -0.310 e. The number of rotatable bonds is 9. The van der Waals surface area contributed by atoms with Crippen LogP contribution in [0.3, 0.4) is 0 Å². The second-order valence-electron chi connectivity index (χ2n) is 27.4. The molecule has 448 valence electrons.